The van der Waals surface area contributed by atoms with Crippen LogP contribution < -0.4 is 5.43 Å². The van der Waals surface area contributed by atoms with Gasteiger partial charge in [0.15, 0.2) is 0 Å². The fourth-order valence-electron chi connectivity index (χ4n) is 3.10. The molecule has 0 bridgehead atoms. The third-order valence-electron chi connectivity index (χ3n) is 4.51. The van der Waals surface area contributed by atoms with Crippen LogP contribution in [-0.4, -0.2) is 29.4 Å². The second-order valence-electron chi connectivity index (χ2n) is 6.25. The molecule has 132 valence electrons. The first-order valence-corrected chi connectivity index (χ1v) is 9.22. The Bertz CT molecular complexity index is 792. The molecule has 3 rings (SSSR count). The summed E-state index contributed by atoms with van der Waals surface area (Å²) in [6, 6.07) is 9.35. The molecule has 2 aromatic rings. The first kappa shape index (κ1) is 17.9. The van der Waals surface area contributed by atoms with Gasteiger partial charge in [0.2, 0.25) is 0 Å². The number of carbonyl (C=O) groups is 1. The summed E-state index contributed by atoms with van der Waals surface area (Å²) in [4.78, 5) is 12.2. The Morgan fingerprint density at radius 3 is 2.96 bits per heavy atom. The smallest absolute Gasteiger partial charge is 0.272 e. The van der Waals surface area contributed by atoms with Crippen molar-refractivity contribution in [2.24, 2.45) is 5.10 Å². The molecule has 5 nitrogen and oxygen atoms in total. The molecule has 1 aliphatic heterocycles. The maximum Gasteiger partial charge on any atom is 0.272 e. The van der Waals surface area contributed by atoms with Crippen LogP contribution >= 0.6 is 15.9 Å². The Hall–Kier alpha value is -1.92. The summed E-state index contributed by atoms with van der Waals surface area (Å²) in [5.41, 5.74) is 6.45. The van der Waals surface area contributed by atoms with Gasteiger partial charge in [0, 0.05) is 34.6 Å². The van der Waals surface area contributed by atoms with Crippen molar-refractivity contribution in [1.82, 2.24) is 9.99 Å². The van der Waals surface area contributed by atoms with Gasteiger partial charge in [-0.2, -0.15) is 5.10 Å². The van der Waals surface area contributed by atoms with E-state index < -0.39 is 0 Å². The minimum absolute atomic E-state index is 0.239. The quantitative estimate of drug-likeness (QED) is 0.609. The number of rotatable bonds is 5. The summed E-state index contributed by atoms with van der Waals surface area (Å²) in [5.74, 6) is -0.239. The molecular weight excluding hydrogens is 382 g/mol. The lowest BCUT2D eigenvalue weighted by molar-refractivity contribution is 0.0953. The number of aryl methyl sites for hydroxylation is 1. The topological polar surface area (TPSA) is 55.6 Å². The van der Waals surface area contributed by atoms with Crippen LogP contribution in [0.5, 0.6) is 0 Å². The van der Waals surface area contributed by atoms with E-state index in [1.54, 1.807) is 12.3 Å². The molecule has 6 heteroatoms. The van der Waals surface area contributed by atoms with Crippen LogP contribution in [-0.2, 0) is 11.3 Å². The highest BCUT2D eigenvalue weighted by molar-refractivity contribution is 9.10. The largest absolute Gasteiger partial charge is 0.376 e. The fraction of sp³-hybridized carbons (Fsp3) is 0.368. The molecule has 1 aromatic carbocycles. The van der Waals surface area contributed by atoms with Crippen molar-refractivity contribution >= 4 is 28.1 Å². The number of aromatic nitrogens is 1. The first-order chi connectivity index (χ1) is 12.1. The molecule has 1 saturated heterocycles. The molecule has 1 N–H and O–H groups in total. The van der Waals surface area contributed by atoms with Crippen molar-refractivity contribution < 1.29 is 9.53 Å². The molecule has 1 fully saturated rings. The van der Waals surface area contributed by atoms with Crippen molar-refractivity contribution in [2.75, 3.05) is 6.61 Å². The Labute approximate surface area is 156 Å². The second-order valence-corrected chi connectivity index (χ2v) is 7.11. The van der Waals surface area contributed by atoms with E-state index >= 15 is 0 Å². The molecule has 2 heterocycles. The van der Waals surface area contributed by atoms with Crippen LogP contribution in [0.2, 0.25) is 0 Å². The van der Waals surface area contributed by atoms with E-state index in [1.165, 1.54) is 5.69 Å². The lowest BCUT2D eigenvalue weighted by Gasteiger charge is -2.14. The van der Waals surface area contributed by atoms with E-state index in [1.807, 2.05) is 18.2 Å². The van der Waals surface area contributed by atoms with Crippen LogP contribution in [0.15, 0.2) is 39.9 Å². The van der Waals surface area contributed by atoms with Crippen molar-refractivity contribution in [3.8, 4) is 0 Å². The van der Waals surface area contributed by atoms with Crippen LogP contribution in [0.1, 0.15) is 40.2 Å². The zero-order valence-electron chi connectivity index (χ0n) is 14.5. The maximum absolute atomic E-state index is 12.2. The Balaban J connectivity index is 1.67. The summed E-state index contributed by atoms with van der Waals surface area (Å²) < 4.78 is 8.74. The maximum atomic E-state index is 12.2. The predicted molar refractivity (Wildman–Crippen MR) is 102 cm³/mol. The van der Waals surface area contributed by atoms with E-state index in [2.05, 4.69) is 50.9 Å². The number of hydrogen-bond acceptors (Lipinski definition) is 3. The molecule has 1 aliphatic rings. The number of benzene rings is 1. The highest BCUT2D eigenvalue weighted by atomic mass is 79.9. The highest BCUT2D eigenvalue weighted by Gasteiger charge is 2.18. The van der Waals surface area contributed by atoms with Crippen molar-refractivity contribution in [3.63, 3.8) is 0 Å². The molecule has 1 atom stereocenters. The van der Waals surface area contributed by atoms with Gasteiger partial charge >= 0.3 is 0 Å². The number of nitrogens with one attached hydrogen (secondary N) is 1. The Morgan fingerprint density at radius 2 is 2.24 bits per heavy atom. The number of amides is 1. The van der Waals surface area contributed by atoms with E-state index in [4.69, 9.17) is 4.74 Å². The summed E-state index contributed by atoms with van der Waals surface area (Å²) >= 11 is 3.37. The Kier molecular flexibility index (Phi) is 5.71. The number of carbonyl (C=O) groups excluding carboxylic acids is 1. The van der Waals surface area contributed by atoms with Crippen molar-refractivity contribution in [2.45, 2.75) is 39.3 Å². The van der Waals surface area contributed by atoms with Gasteiger partial charge in [-0.3, -0.25) is 4.79 Å². The van der Waals surface area contributed by atoms with Gasteiger partial charge in [-0.05, 0) is 60.8 Å². The van der Waals surface area contributed by atoms with Gasteiger partial charge in [0.25, 0.3) is 5.91 Å². The van der Waals surface area contributed by atoms with Crippen LogP contribution in [0.4, 0.5) is 0 Å². The zero-order chi connectivity index (χ0) is 17.8. The van der Waals surface area contributed by atoms with Gasteiger partial charge in [-0.25, -0.2) is 5.43 Å². The number of hydrogen-bond donors (Lipinski definition) is 1. The predicted octanol–water partition coefficient (Wildman–Crippen LogP) is 3.81. The van der Waals surface area contributed by atoms with Crippen molar-refractivity contribution in [3.05, 3.63) is 57.3 Å². The Morgan fingerprint density at radius 1 is 1.44 bits per heavy atom. The molecule has 0 saturated carbocycles. The summed E-state index contributed by atoms with van der Waals surface area (Å²) in [7, 11) is 0. The molecule has 0 unspecified atom stereocenters. The molecule has 0 radical (unpaired) electrons. The molecule has 0 spiro atoms. The average molecular weight is 404 g/mol. The minimum atomic E-state index is -0.239. The molecular formula is C19H22BrN3O2. The van der Waals surface area contributed by atoms with Gasteiger partial charge in [-0.15, -0.1) is 0 Å². The average Bonchev–Trinajstić information content (AvgIpc) is 3.19. The minimum Gasteiger partial charge on any atom is -0.376 e. The van der Waals surface area contributed by atoms with Crippen LogP contribution in [0, 0.1) is 13.8 Å². The second kappa shape index (κ2) is 7.97. The monoisotopic (exact) mass is 403 g/mol. The number of hydrazone groups is 1. The number of ether oxygens (including phenoxy) is 1. The molecule has 1 aromatic heterocycles. The summed E-state index contributed by atoms with van der Waals surface area (Å²) in [6.45, 7) is 5.88. The summed E-state index contributed by atoms with van der Waals surface area (Å²) in [6.07, 6.45) is 4.25. The number of nitrogens with zero attached hydrogens (tertiary/aromatic N) is 2. The van der Waals surface area contributed by atoms with E-state index in [0.717, 1.165) is 41.7 Å². The lowest BCUT2D eigenvalue weighted by Crippen LogP contribution is -2.18. The zero-order valence-corrected chi connectivity index (χ0v) is 16.0. The summed E-state index contributed by atoms with van der Waals surface area (Å²) in [5, 5.41) is 4.12. The normalized spacial score (nSPS) is 17.3. The molecule has 0 aliphatic carbocycles. The van der Waals surface area contributed by atoms with Gasteiger partial charge in [0.05, 0.1) is 17.9 Å². The van der Waals surface area contributed by atoms with Crippen LogP contribution in [0.25, 0.3) is 0 Å². The van der Waals surface area contributed by atoms with E-state index in [-0.39, 0.29) is 5.91 Å². The third-order valence-corrected chi connectivity index (χ3v) is 5.20. The molecule has 1 amide bonds. The van der Waals surface area contributed by atoms with Crippen LogP contribution in [0.3, 0.4) is 0 Å². The number of halogens is 1. The van der Waals surface area contributed by atoms with E-state index in [0.29, 0.717) is 11.7 Å². The molecule has 25 heavy (non-hydrogen) atoms. The SMILES string of the molecule is Cc1cc(/C=N\NC(=O)c2ccccc2Br)c(C)n1C[C@@H]1CCCO1. The van der Waals surface area contributed by atoms with E-state index in [9.17, 15) is 4.79 Å². The third kappa shape index (κ3) is 4.19. The highest BCUT2D eigenvalue weighted by Crippen LogP contribution is 2.19. The van der Waals surface area contributed by atoms with Crippen molar-refractivity contribution in [1.29, 1.82) is 0 Å². The van der Waals surface area contributed by atoms with Gasteiger partial charge in [0.1, 0.15) is 0 Å². The first-order valence-electron chi connectivity index (χ1n) is 8.42. The standard InChI is InChI=1S/C19H22BrN3O2/c1-13-10-15(14(2)23(13)12-16-6-5-9-25-16)11-21-22-19(24)17-7-3-4-8-18(17)20/h3-4,7-8,10-11,16H,5-6,9,12H2,1-2H3,(H,22,24)/b21-11-/t16-/m0/s1. The fourth-order valence-corrected chi connectivity index (χ4v) is 3.56. The lowest BCUT2D eigenvalue weighted by atomic mass is 10.2. The van der Waals surface area contributed by atoms with Gasteiger partial charge in [-0.1, -0.05) is 12.1 Å². The van der Waals surface area contributed by atoms with Gasteiger partial charge < -0.3 is 9.30 Å².